The number of aromatic nitrogens is 3. The topological polar surface area (TPSA) is 103 Å². The Morgan fingerprint density at radius 3 is 2.65 bits per heavy atom. The molecule has 0 saturated carbocycles. The zero-order valence-electron chi connectivity index (χ0n) is 18.6. The Morgan fingerprint density at radius 2 is 1.94 bits per heavy atom. The normalized spacial score (nSPS) is 18.8. The van der Waals surface area contributed by atoms with Crippen LogP contribution in [0, 0.1) is 15.5 Å². The van der Waals surface area contributed by atoms with Gasteiger partial charge in [-0.1, -0.05) is 67.5 Å². The molecule has 5 rings (SSSR count). The summed E-state index contributed by atoms with van der Waals surface area (Å²) >= 11 is 8.00. The van der Waals surface area contributed by atoms with Gasteiger partial charge in [0.15, 0.2) is 5.78 Å². The number of hydrogen-bond acceptors (Lipinski definition) is 7. The number of carbonyl (C=O) groups excluding carboxylic acids is 1. The number of ketones is 1. The highest BCUT2D eigenvalue weighted by molar-refractivity contribution is 7.98. The number of non-ortho nitro benzene ring substituents is 1. The van der Waals surface area contributed by atoms with Gasteiger partial charge in [-0.05, 0) is 23.5 Å². The molecule has 0 unspecified atom stereocenters. The summed E-state index contributed by atoms with van der Waals surface area (Å²) in [4.78, 5) is 28.4. The molecule has 1 aromatic heterocycles. The van der Waals surface area contributed by atoms with Gasteiger partial charge in [0.05, 0.1) is 4.92 Å². The van der Waals surface area contributed by atoms with Crippen molar-refractivity contribution in [2.24, 2.45) is 5.41 Å². The summed E-state index contributed by atoms with van der Waals surface area (Å²) in [5.41, 5.74) is 3.21. The van der Waals surface area contributed by atoms with E-state index in [0.717, 1.165) is 23.2 Å². The Bertz CT molecular complexity index is 1330. The molecule has 1 N–H and O–H groups in total. The summed E-state index contributed by atoms with van der Waals surface area (Å²) in [6, 6.07) is 13.5. The van der Waals surface area contributed by atoms with E-state index in [9.17, 15) is 14.9 Å². The lowest BCUT2D eigenvalue weighted by Gasteiger charge is -2.38. The standard InChI is InChI=1S/C24H22ClN5O3S/c1-24(2)11-18-20(19(31)12-24)21(16-5-3-4-6-17(16)25)29-22(26-18)27-23(28-29)34-13-14-7-9-15(10-8-14)30(32)33/h3-10,21H,11-13H2,1-2H3,(H,26,27,28)/t21-/m1/s1. The molecule has 10 heteroatoms. The van der Waals surface area contributed by atoms with Crippen molar-refractivity contribution < 1.29 is 9.72 Å². The Labute approximate surface area is 205 Å². The van der Waals surface area contributed by atoms with Crippen LogP contribution in [0.15, 0.2) is 65.0 Å². The van der Waals surface area contributed by atoms with Crippen molar-refractivity contribution in [3.8, 4) is 0 Å². The maximum Gasteiger partial charge on any atom is 0.269 e. The van der Waals surface area contributed by atoms with Crippen LogP contribution in [0.25, 0.3) is 0 Å². The molecule has 0 fully saturated rings. The van der Waals surface area contributed by atoms with Crippen molar-refractivity contribution in [1.29, 1.82) is 0 Å². The smallest absolute Gasteiger partial charge is 0.269 e. The number of anilines is 1. The predicted octanol–water partition coefficient (Wildman–Crippen LogP) is 5.79. The van der Waals surface area contributed by atoms with E-state index in [1.807, 2.05) is 24.3 Å². The lowest BCUT2D eigenvalue weighted by atomic mass is 9.73. The summed E-state index contributed by atoms with van der Waals surface area (Å²) in [6.07, 6.45) is 1.19. The van der Waals surface area contributed by atoms with Gasteiger partial charge in [-0.15, -0.1) is 5.10 Å². The first kappa shape index (κ1) is 22.6. The van der Waals surface area contributed by atoms with Crippen LogP contribution >= 0.6 is 23.4 Å². The van der Waals surface area contributed by atoms with Gasteiger partial charge in [-0.25, -0.2) is 4.68 Å². The van der Waals surface area contributed by atoms with Crippen LogP contribution < -0.4 is 5.32 Å². The number of halogens is 1. The Morgan fingerprint density at radius 1 is 1.21 bits per heavy atom. The van der Waals surface area contributed by atoms with Crippen molar-refractivity contribution in [3.63, 3.8) is 0 Å². The molecular formula is C24H22ClN5O3S. The molecule has 34 heavy (non-hydrogen) atoms. The third-order valence-corrected chi connectivity index (χ3v) is 7.28. The van der Waals surface area contributed by atoms with E-state index in [1.54, 1.807) is 16.8 Å². The first-order chi connectivity index (χ1) is 16.2. The van der Waals surface area contributed by atoms with Crippen molar-refractivity contribution in [1.82, 2.24) is 14.8 Å². The predicted molar refractivity (Wildman–Crippen MR) is 131 cm³/mol. The largest absolute Gasteiger partial charge is 0.328 e. The number of thioether (sulfide) groups is 1. The van der Waals surface area contributed by atoms with Crippen molar-refractivity contribution in [2.45, 2.75) is 43.6 Å². The third kappa shape index (κ3) is 4.21. The second kappa shape index (κ2) is 8.56. The Balaban J connectivity index is 1.49. The average Bonchev–Trinajstić information content (AvgIpc) is 3.19. The molecule has 1 aliphatic carbocycles. The van der Waals surface area contributed by atoms with Gasteiger partial charge in [0.2, 0.25) is 11.1 Å². The van der Waals surface area contributed by atoms with Crippen LogP contribution in [0.3, 0.4) is 0 Å². The van der Waals surface area contributed by atoms with Crippen molar-refractivity contribution in [3.05, 3.63) is 86.1 Å². The van der Waals surface area contributed by atoms with Crippen LogP contribution in [0.1, 0.15) is 43.9 Å². The SMILES string of the molecule is CC1(C)CC(=O)C2=C(C1)Nc1nc(SCc3ccc([N+](=O)[O-])cc3)nn1[C@@H]2c1ccccc1Cl. The third-order valence-electron chi connectivity index (χ3n) is 6.03. The maximum absolute atomic E-state index is 13.3. The van der Waals surface area contributed by atoms with E-state index < -0.39 is 11.0 Å². The minimum Gasteiger partial charge on any atom is -0.328 e. The second-order valence-electron chi connectivity index (χ2n) is 9.26. The van der Waals surface area contributed by atoms with Crippen LogP contribution in [-0.4, -0.2) is 25.5 Å². The van der Waals surface area contributed by atoms with Crippen molar-refractivity contribution >= 4 is 40.8 Å². The number of fused-ring (bicyclic) bond motifs is 1. The molecule has 0 saturated heterocycles. The van der Waals surface area contributed by atoms with Crippen LogP contribution in [-0.2, 0) is 10.5 Å². The highest BCUT2D eigenvalue weighted by Gasteiger charge is 2.42. The quantitative estimate of drug-likeness (QED) is 0.271. The number of Topliss-reactive ketones (excluding diaryl/α,β-unsaturated/α-hetero) is 1. The first-order valence-corrected chi connectivity index (χ1v) is 12.2. The van der Waals surface area contributed by atoms with Crippen molar-refractivity contribution in [2.75, 3.05) is 5.32 Å². The van der Waals surface area contributed by atoms with E-state index in [0.29, 0.717) is 33.9 Å². The highest BCUT2D eigenvalue weighted by atomic mass is 35.5. The number of nitro groups is 1. The molecule has 0 radical (unpaired) electrons. The van der Waals surface area contributed by atoms with E-state index in [-0.39, 0.29) is 16.9 Å². The molecule has 1 atom stereocenters. The fourth-order valence-electron chi connectivity index (χ4n) is 4.50. The molecule has 174 valence electrons. The monoisotopic (exact) mass is 495 g/mol. The zero-order chi connectivity index (χ0) is 24.0. The molecule has 8 nitrogen and oxygen atoms in total. The Hall–Kier alpha value is -3.17. The zero-order valence-corrected chi connectivity index (χ0v) is 20.2. The fourth-order valence-corrected chi connectivity index (χ4v) is 5.52. The number of rotatable bonds is 5. The average molecular weight is 496 g/mol. The molecule has 2 aliphatic rings. The van der Waals surface area contributed by atoms with Crippen LogP contribution in [0.4, 0.5) is 11.6 Å². The molecule has 2 aromatic carbocycles. The second-order valence-corrected chi connectivity index (χ2v) is 10.6. The fraction of sp³-hybridized carbons (Fsp3) is 0.292. The summed E-state index contributed by atoms with van der Waals surface area (Å²) in [6.45, 7) is 4.18. The molecule has 2 heterocycles. The van der Waals surface area contributed by atoms with Gasteiger partial charge >= 0.3 is 0 Å². The molecular weight excluding hydrogens is 474 g/mol. The van der Waals surface area contributed by atoms with Gasteiger partial charge in [0.25, 0.3) is 5.69 Å². The number of benzene rings is 2. The van der Waals surface area contributed by atoms with Crippen LogP contribution in [0.2, 0.25) is 5.02 Å². The van der Waals surface area contributed by atoms with Gasteiger partial charge in [-0.2, -0.15) is 4.98 Å². The van der Waals surface area contributed by atoms with E-state index >= 15 is 0 Å². The lowest BCUT2D eigenvalue weighted by molar-refractivity contribution is -0.384. The van der Waals surface area contributed by atoms with E-state index in [4.69, 9.17) is 16.7 Å². The van der Waals surface area contributed by atoms with Gasteiger partial charge in [0, 0.05) is 46.2 Å². The number of allylic oxidation sites excluding steroid dienone is 2. The molecule has 0 bridgehead atoms. The highest BCUT2D eigenvalue weighted by Crippen LogP contribution is 2.46. The van der Waals surface area contributed by atoms with E-state index in [2.05, 4.69) is 24.1 Å². The molecule has 0 amide bonds. The number of nitrogens with zero attached hydrogens (tertiary/aromatic N) is 4. The number of nitro benzene ring substituents is 1. The van der Waals surface area contributed by atoms with Gasteiger partial charge < -0.3 is 5.32 Å². The van der Waals surface area contributed by atoms with Gasteiger partial charge in [0.1, 0.15) is 6.04 Å². The minimum atomic E-state index is -0.454. The summed E-state index contributed by atoms with van der Waals surface area (Å²) in [7, 11) is 0. The molecule has 1 aliphatic heterocycles. The van der Waals surface area contributed by atoms with Crippen LogP contribution in [0.5, 0.6) is 0 Å². The maximum atomic E-state index is 13.3. The summed E-state index contributed by atoms with van der Waals surface area (Å²) in [5.74, 6) is 1.21. The lowest BCUT2D eigenvalue weighted by Crippen LogP contribution is -2.36. The number of nitrogens with one attached hydrogen (secondary N) is 1. The summed E-state index contributed by atoms with van der Waals surface area (Å²) in [5, 5.41) is 20.1. The minimum absolute atomic E-state index is 0.0559. The summed E-state index contributed by atoms with van der Waals surface area (Å²) < 4.78 is 1.74. The molecule has 0 spiro atoms. The van der Waals surface area contributed by atoms with E-state index in [1.165, 1.54) is 23.9 Å². The first-order valence-electron chi connectivity index (χ1n) is 10.8. The number of hydrogen-bond donors (Lipinski definition) is 1. The van der Waals surface area contributed by atoms with Gasteiger partial charge in [-0.3, -0.25) is 14.9 Å². The number of carbonyl (C=O) groups is 1. The Kier molecular flexibility index (Phi) is 5.69. The molecule has 3 aromatic rings.